The molecule has 0 unspecified atom stereocenters. The summed E-state index contributed by atoms with van der Waals surface area (Å²) < 4.78 is 25.6. The quantitative estimate of drug-likeness (QED) is 0.0969. The van der Waals surface area contributed by atoms with Crippen molar-refractivity contribution in [3.8, 4) is 6.01 Å². The SMILES string of the molecule is C=C1C[C@H](F)C[C@H](COc2nc3c(c(N(CCC)CCCCC(=O)/C=C/COC)n2)CCN(c2cccc4cccc(C)c24)C3)C1. The van der Waals surface area contributed by atoms with Crippen LogP contribution >= 0.6 is 0 Å². The molecular formula is C38H49FN4O3. The Morgan fingerprint density at radius 1 is 1.15 bits per heavy atom. The maximum Gasteiger partial charge on any atom is 0.318 e. The molecule has 1 aromatic heterocycles. The molecule has 2 aliphatic rings. The fourth-order valence-corrected chi connectivity index (χ4v) is 6.90. The van der Waals surface area contributed by atoms with Crippen molar-refractivity contribution >= 4 is 28.1 Å². The first kappa shape index (κ1) is 33.6. The zero-order chi connectivity index (χ0) is 32.5. The minimum absolute atomic E-state index is 0.0664. The molecule has 0 saturated heterocycles. The lowest BCUT2D eigenvalue weighted by molar-refractivity contribution is -0.114. The lowest BCUT2D eigenvalue weighted by atomic mass is 9.86. The third kappa shape index (κ3) is 8.52. The number of anilines is 2. The average Bonchev–Trinajstić information content (AvgIpc) is 3.04. The van der Waals surface area contributed by atoms with Gasteiger partial charge in [-0.1, -0.05) is 55.5 Å². The fourth-order valence-electron chi connectivity index (χ4n) is 6.90. The van der Waals surface area contributed by atoms with Crippen LogP contribution in [0.3, 0.4) is 0 Å². The fraction of sp³-hybridized carbons (Fsp3) is 0.500. The number of carbonyl (C=O) groups excluding carboxylic acids is 1. The maximum absolute atomic E-state index is 14.3. The van der Waals surface area contributed by atoms with Crippen LogP contribution in [0.5, 0.6) is 6.01 Å². The number of alkyl halides is 1. The van der Waals surface area contributed by atoms with E-state index in [9.17, 15) is 9.18 Å². The molecule has 2 heterocycles. The van der Waals surface area contributed by atoms with Gasteiger partial charge >= 0.3 is 6.01 Å². The van der Waals surface area contributed by atoms with Crippen molar-refractivity contribution in [3.63, 3.8) is 0 Å². The first-order valence-electron chi connectivity index (χ1n) is 16.9. The number of rotatable bonds is 15. The first-order chi connectivity index (χ1) is 22.4. The molecule has 1 saturated carbocycles. The summed E-state index contributed by atoms with van der Waals surface area (Å²) in [5.41, 5.74) is 5.57. The molecule has 1 aliphatic carbocycles. The summed E-state index contributed by atoms with van der Waals surface area (Å²) >= 11 is 0. The number of ether oxygens (including phenoxy) is 2. The van der Waals surface area contributed by atoms with Gasteiger partial charge in [-0.25, -0.2) is 4.39 Å². The summed E-state index contributed by atoms with van der Waals surface area (Å²) in [5.74, 6) is 1.12. The second-order valence-corrected chi connectivity index (χ2v) is 12.8. The number of ketones is 1. The molecule has 1 fully saturated rings. The topological polar surface area (TPSA) is 67.8 Å². The number of hydrogen-bond acceptors (Lipinski definition) is 7. The minimum Gasteiger partial charge on any atom is -0.463 e. The number of benzene rings is 2. The highest BCUT2D eigenvalue weighted by Gasteiger charge is 2.28. The molecule has 5 rings (SSSR count). The standard InChI is InChI=1S/C38H49FN4O3/c1-5-18-42(19-7-6-14-32(44)15-10-21-45-4)37-33-17-20-43(35-16-9-13-30-12-8-11-28(3)36(30)35)25-34(33)40-38(41-37)46-26-29-22-27(2)23-31(39)24-29/h8-13,15-16,29,31H,2,5-7,14,17-26H2,1,3-4H3/b15-10+/t29-,31+/m1/s1. The molecule has 8 heteroatoms. The van der Waals surface area contributed by atoms with Crippen LogP contribution in [-0.2, 0) is 22.5 Å². The highest BCUT2D eigenvalue weighted by Crippen LogP contribution is 2.36. The van der Waals surface area contributed by atoms with E-state index in [2.05, 4.69) is 66.6 Å². The molecule has 2 atom stereocenters. The van der Waals surface area contributed by atoms with Crippen molar-refractivity contribution in [2.24, 2.45) is 5.92 Å². The van der Waals surface area contributed by atoms with E-state index in [-0.39, 0.29) is 11.7 Å². The van der Waals surface area contributed by atoms with Gasteiger partial charge in [0.25, 0.3) is 0 Å². The number of hydrogen-bond donors (Lipinski definition) is 0. The Bertz CT molecular complexity index is 1530. The highest BCUT2D eigenvalue weighted by molar-refractivity contribution is 5.97. The van der Waals surface area contributed by atoms with Crippen molar-refractivity contribution in [1.82, 2.24) is 9.97 Å². The Morgan fingerprint density at radius 2 is 1.98 bits per heavy atom. The Labute approximate surface area is 273 Å². The van der Waals surface area contributed by atoms with E-state index in [1.54, 1.807) is 19.3 Å². The molecule has 3 aromatic rings. The number of aromatic nitrogens is 2. The third-order valence-electron chi connectivity index (χ3n) is 9.04. The van der Waals surface area contributed by atoms with Crippen LogP contribution in [0.2, 0.25) is 0 Å². The summed E-state index contributed by atoms with van der Waals surface area (Å²) in [5, 5.41) is 2.51. The average molecular weight is 629 g/mol. The van der Waals surface area contributed by atoms with Crippen LogP contribution in [0.25, 0.3) is 10.8 Å². The van der Waals surface area contributed by atoms with Gasteiger partial charge in [0.2, 0.25) is 0 Å². The molecular weight excluding hydrogens is 579 g/mol. The van der Waals surface area contributed by atoms with Gasteiger partial charge in [-0.2, -0.15) is 9.97 Å². The summed E-state index contributed by atoms with van der Waals surface area (Å²) in [7, 11) is 1.62. The molecule has 46 heavy (non-hydrogen) atoms. The number of unbranched alkanes of at least 4 members (excludes halogenated alkanes) is 1. The molecule has 246 valence electrons. The molecule has 0 radical (unpaired) electrons. The molecule has 1 aliphatic heterocycles. The minimum atomic E-state index is -0.866. The number of fused-ring (bicyclic) bond motifs is 2. The van der Waals surface area contributed by atoms with Crippen molar-refractivity contribution in [1.29, 1.82) is 0 Å². The van der Waals surface area contributed by atoms with Crippen LogP contribution in [-0.4, -0.2) is 61.9 Å². The third-order valence-corrected chi connectivity index (χ3v) is 9.04. The normalized spacial score (nSPS) is 18.3. The molecule has 0 spiro atoms. The lowest BCUT2D eigenvalue weighted by Gasteiger charge is -2.34. The predicted molar refractivity (Wildman–Crippen MR) is 185 cm³/mol. The van der Waals surface area contributed by atoms with Gasteiger partial charge in [-0.15, -0.1) is 0 Å². The van der Waals surface area contributed by atoms with E-state index in [4.69, 9.17) is 19.4 Å². The van der Waals surface area contributed by atoms with E-state index in [0.717, 1.165) is 68.8 Å². The Balaban J connectivity index is 1.40. The second-order valence-electron chi connectivity index (χ2n) is 12.8. The number of methoxy groups -OCH3 is 1. The molecule has 7 nitrogen and oxygen atoms in total. The van der Waals surface area contributed by atoms with Gasteiger partial charge < -0.3 is 19.3 Å². The highest BCUT2D eigenvalue weighted by atomic mass is 19.1. The van der Waals surface area contributed by atoms with E-state index >= 15 is 0 Å². The van der Waals surface area contributed by atoms with E-state index in [1.807, 2.05) is 0 Å². The zero-order valence-electron chi connectivity index (χ0n) is 27.8. The van der Waals surface area contributed by atoms with E-state index < -0.39 is 6.17 Å². The number of carbonyl (C=O) groups is 1. The van der Waals surface area contributed by atoms with Gasteiger partial charge in [-0.3, -0.25) is 4.79 Å². The summed E-state index contributed by atoms with van der Waals surface area (Å²) in [6.45, 7) is 12.4. The Morgan fingerprint density at radius 3 is 2.76 bits per heavy atom. The monoisotopic (exact) mass is 628 g/mol. The summed E-state index contributed by atoms with van der Waals surface area (Å²) in [4.78, 5) is 27.0. The van der Waals surface area contributed by atoms with Gasteiger partial charge in [0.1, 0.15) is 12.0 Å². The largest absolute Gasteiger partial charge is 0.463 e. The summed E-state index contributed by atoms with van der Waals surface area (Å²) in [6, 6.07) is 13.3. The number of nitrogens with zero attached hydrogens (tertiary/aromatic N) is 4. The van der Waals surface area contributed by atoms with Gasteiger partial charge in [0, 0.05) is 49.8 Å². The van der Waals surface area contributed by atoms with Crippen LogP contribution < -0.4 is 14.5 Å². The van der Waals surface area contributed by atoms with Crippen molar-refractivity contribution < 1.29 is 18.7 Å². The maximum atomic E-state index is 14.3. The number of aryl methyl sites for hydroxylation is 1. The van der Waals surface area contributed by atoms with Crippen LogP contribution in [0, 0.1) is 12.8 Å². The van der Waals surface area contributed by atoms with E-state index in [0.29, 0.717) is 45.0 Å². The summed E-state index contributed by atoms with van der Waals surface area (Å²) in [6.07, 6.45) is 8.20. The Hall–Kier alpha value is -3.78. The van der Waals surface area contributed by atoms with E-state index in [1.165, 1.54) is 27.6 Å². The molecule has 0 N–H and O–H groups in total. The molecule has 2 aromatic carbocycles. The lowest BCUT2D eigenvalue weighted by Crippen LogP contribution is -2.35. The van der Waals surface area contributed by atoms with Gasteiger partial charge in [0.15, 0.2) is 5.78 Å². The smallest absolute Gasteiger partial charge is 0.318 e. The molecule has 0 bridgehead atoms. The van der Waals surface area contributed by atoms with Crippen molar-refractivity contribution in [2.45, 2.75) is 77.9 Å². The van der Waals surface area contributed by atoms with Crippen LogP contribution in [0.1, 0.15) is 68.7 Å². The predicted octanol–water partition coefficient (Wildman–Crippen LogP) is 7.73. The number of allylic oxidation sites excluding steroid dienone is 2. The van der Waals surface area contributed by atoms with Crippen LogP contribution in [0.15, 0.2) is 60.7 Å². The van der Waals surface area contributed by atoms with Gasteiger partial charge in [0.05, 0.1) is 25.5 Å². The van der Waals surface area contributed by atoms with Gasteiger partial charge in [-0.05, 0) is 80.9 Å². The number of halogens is 1. The van der Waals surface area contributed by atoms with Crippen molar-refractivity contribution in [2.75, 3.05) is 49.8 Å². The Kier molecular flexibility index (Phi) is 11.8. The first-order valence-corrected chi connectivity index (χ1v) is 16.9. The van der Waals surface area contributed by atoms with Crippen molar-refractivity contribution in [3.05, 3.63) is 77.5 Å². The van der Waals surface area contributed by atoms with Crippen LogP contribution in [0.4, 0.5) is 15.9 Å². The second kappa shape index (κ2) is 16.2. The molecule has 0 amide bonds. The zero-order valence-corrected chi connectivity index (χ0v) is 27.8.